The number of carbonyl (C=O) groups excluding carboxylic acids is 2. The van der Waals surface area contributed by atoms with Gasteiger partial charge in [-0.2, -0.15) is 4.31 Å². The molecule has 0 aliphatic carbocycles. The molecule has 0 radical (unpaired) electrons. The molecule has 2 amide bonds. The predicted molar refractivity (Wildman–Crippen MR) is 100 cm³/mol. The lowest BCUT2D eigenvalue weighted by Crippen LogP contribution is -2.41. The van der Waals surface area contributed by atoms with Crippen LogP contribution in [0.4, 0.5) is 0 Å². The third kappa shape index (κ3) is 4.12. The fourth-order valence-electron chi connectivity index (χ4n) is 2.74. The Morgan fingerprint density at radius 2 is 1.81 bits per heavy atom. The number of rotatable bonds is 5. The van der Waals surface area contributed by atoms with Crippen LogP contribution in [0.5, 0.6) is 5.75 Å². The van der Waals surface area contributed by atoms with Crippen LogP contribution in [0.15, 0.2) is 40.6 Å². The number of hydrogen-bond acceptors (Lipinski definition) is 6. The molecule has 27 heavy (non-hydrogen) atoms. The zero-order valence-electron chi connectivity index (χ0n) is 14.6. The first-order valence-electron chi connectivity index (χ1n) is 8.26. The second kappa shape index (κ2) is 8.07. The molecule has 0 spiro atoms. The number of sulfonamides is 1. The van der Waals surface area contributed by atoms with E-state index in [-0.39, 0.29) is 16.2 Å². The number of nitrogens with zero attached hydrogens (tertiary/aromatic N) is 1. The van der Waals surface area contributed by atoms with E-state index in [0.29, 0.717) is 18.0 Å². The number of ether oxygens (including phenoxy) is 1. The minimum absolute atomic E-state index is 0.0656. The van der Waals surface area contributed by atoms with Gasteiger partial charge in [0.25, 0.3) is 11.8 Å². The number of nitrogens with one attached hydrogen (secondary N) is 2. The highest BCUT2D eigenvalue weighted by molar-refractivity contribution is 7.89. The number of hydrogen-bond donors (Lipinski definition) is 2. The topological polar surface area (TPSA) is 105 Å². The first kappa shape index (κ1) is 19.3. The molecule has 1 aliphatic heterocycles. The van der Waals surface area contributed by atoms with Gasteiger partial charge in [0.1, 0.15) is 10.6 Å². The van der Waals surface area contributed by atoms with E-state index >= 15 is 0 Å². The Morgan fingerprint density at radius 3 is 2.44 bits per heavy atom. The van der Waals surface area contributed by atoms with E-state index in [2.05, 4.69) is 10.9 Å². The van der Waals surface area contributed by atoms with Crippen molar-refractivity contribution < 1.29 is 22.7 Å². The summed E-state index contributed by atoms with van der Waals surface area (Å²) in [5, 5.41) is 1.75. The highest BCUT2D eigenvalue weighted by Gasteiger charge is 2.30. The van der Waals surface area contributed by atoms with E-state index in [1.54, 1.807) is 17.5 Å². The first-order chi connectivity index (χ1) is 12.9. The van der Waals surface area contributed by atoms with Gasteiger partial charge in [-0.3, -0.25) is 20.4 Å². The molecule has 0 atom stereocenters. The molecule has 3 rings (SSSR count). The second-order valence-electron chi connectivity index (χ2n) is 5.86. The molecular formula is C17H19N3O5S2. The van der Waals surface area contributed by atoms with Gasteiger partial charge in [-0.1, -0.05) is 6.07 Å². The molecule has 1 saturated heterocycles. The monoisotopic (exact) mass is 409 g/mol. The maximum atomic E-state index is 12.9. The highest BCUT2D eigenvalue weighted by Crippen LogP contribution is 2.29. The van der Waals surface area contributed by atoms with Crippen LogP contribution in [-0.2, 0) is 10.0 Å². The van der Waals surface area contributed by atoms with Crippen LogP contribution in [0.3, 0.4) is 0 Å². The maximum absolute atomic E-state index is 12.9. The normalized spacial score (nSPS) is 14.7. The van der Waals surface area contributed by atoms with Gasteiger partial charge in [0.2, 0.25) is 10.0 Å². The molecule has 2 aromatic rings. The van der Waals surface area contributed by atoms with Crippen molar-refractivity contribution in [1.82, 2.24) is 15.2 Å². The Balaban J connectivity index is 1.80. The second-order valence-corrected chi connectivity index (χ2v) is 8.72. The molecule has 2 heterocycles. The van der Waals surface area contributed by atoms with Crippen LogP contribution in [0.25, 0.3) is 0 Å². The quantitative estimate of drug-likeness (QED) is 0.730. The molecule has 1 fully saturated rings. The van der Waals surface area contributed by atoms with Crippen LogP contribution in [0.1, 0.15) is 32.9 Å². The van der Waals surface area contributed by atoms with Crippen LogP contribution in [0, 0.1) is 0 Å². The Morgan fingerprint density at radius 1 is 1.11 bits per heavy atom. The molecule has 0 bridgehead atoms. The molecule has 2 N–H and O–H groups in total. The Hall–Kier alpha value is -2.43. The summed E-state index contributed by atoms with van der Waals surface area (Å²) in [6.07, 6.45) is 1.60. The fourth-order valence-corrected chi connectivity index (χ4v) is 5.06. The maximum Gasteiger partial charge on any atom is 0.279 e. The van der Waals surface area contributed by atoms with E-state index < -0.39 is 21.8 Å². The van der Waals surface area contributed by atoms with Crippen molar-refractivity contribution in [2.45, 2.75) is 17.7 Å². The summed E-state index contributed by atoms with van der Waals surface area (Å²) < 4.78 is 32.3. The Kier molecular flexibility index (Phi) is 5.78. The van der Waals surface area contributed by atoms with Gasteiger partial charge in [0.05, 0.1) is 12.0 Å². The molecular weight excluding hydrogens is 390 g/mol. The zero-order valence-corrected chi connectivity index (χ0v) is 16.2. The summed E-state index contributed by atoms with van der Waals surface area (Å²) in [5.74, 6) is -0.904. The Bertz CT molecular complexity index is 935. The van der Waals surface area contributed by atoms with Crippen molar-refractivity contribution >= 4 is 33.2 Å². The molecule has 8 nitrogen and oxygen atoms in total. The summed E-state index contributed by atoms with van der Waals surface area (Å²) in [4.78, 5) is 24.6. The summed E-state index contributed by atoms with van der Waals surface area (Å²) in [6.45, 7) is 0.886. The third-order valence-corrected chi connectivity index (χ3v) is 6.93. The van der Waals surface area contributed by atoms with Crippen molar-refractivity contribution in [2.24, 2.45) is 0 Å². The minimum atomic E-state index is -3.76. The summed E-state index contributed by atoms with van der Waals surface area (Å²) in [6, 6.07) is 7.48. The van der Waals surface area contributed by atoms with Gasteiger partial charge in [0, 0.05) is 18.7 Å². The summed E-state index contributed by atoms with van der Waals surface area (Å²) in [7, 11) is -2.39. The predicted octanol–water partition coefficient (Wildman–Crippen LogP) is 1.62. The number of benzene rings is 1. The van der Waals surface area contributed by atoms with Crippen molar-refractivity contribution in [2.75, 3.05) is 20.2 Å². The smallest absolute Gasteiger partial charge is 0.279 e. The van der Waals surface area contributed by atoms with E-state index in [0.717, 1.165) is 12.8 Å². The minimum Gasteiger partial charge on any atom is -0.495 e. The lowest BCUT2D eigenvalue weighted by atomic mass is 10.2. The summed E-state index contributed by atoms with van der Waals surface area (Å²) in [5.41, 5.74) is 4.69. The molecule has 10 heteroatoms. The van der Waals surface area contributed by atoms with Gasteiger partial charge in [0.15, 0.2) is 0 Å². The van der Waals surface area contributed by atoms with Crippen LogP contribution in [-0.4, -0.2) is 44.7 Å². The largest absolute Gasteiger partial charge is 0.495 e. The first-order valence-corrected chi connectivity index (χ1v) is 10.6. The number of carbonyl (C=O) groups is 2. The van der Waals surface area contributed by atoms with E-state index in [1.165, 1.54) is 41.0 Å². The molecule has 0 saturated carbocycles. The average molecular weight is 409 g/mol. The van der Waals surface area contributed by atoms with Gasteiger partial charge < -0.3 is 4.74 Å². The van der Waals surface area contributed by atoms with E-state index in [9.17, 15) is 18.0 Å². The molecule has 1 aromatic carbocycles. The zero-order chi connectivity index (χ0) is 19.4. The average Bonchev–Trinajstić information content (AvgIpc) is 3.39. The fraction of sp³-hybridized carbons (Fsp3) is 0.294. The third-order valence-electron chi connectivity index (χ3n) is 4.14. The van der Waals surface area contributed by atoms with Gasteiger partial charge in [-0.05, 0) is 42.5 Å². The van der Waals surface area contributed by atoms with Crippen molar-refractivity contribution in [3.8, 4) is 5.75 Å². The number of thiophene rings is 1. The number of amides is 2. The molecule has 144 valence electrons. The SMILES string of the molecule is COc1ccc(C(=O)NNC(=O)c2cccs2)cc1S(=O)(=O)N1CCCC1. The number of methoxy groups -OCH3 is 1. The highest BCUT2D eigenvalue weighted by atomic mass is 32.2. The molecule has 1 aromatic heterocycles. The molecule has 1 aliphatic rings. The van der Waals surface area contributed by atoms with Crippen molar-refractivity contribution in [3.05, 3.63) is 46.2 Å². The lowest BCUT2D eigenvalue weighted by molar-refractivity contribution is 0.0848. The van der Waals surface area contributed by atoms with Crippen LogP contribution in [0.2, 0.25) is 0 Å². The van der Waals surface area contributed by atoms with Crippen molar-refractivity contribution in [1.29, 1.82) is 0 Å². The number of hydrazine groups is 1. The van der Waals surface area contributed by atoms with Gasteiger partial charge in [-0.15, -0.1) is 11.3 Å². The lowest BCUT2D eigenvalue weighted by Gasteiger charge is -2.18. The van der Waals surface area contributed by atoms with Gasteiger partial charge >= 0.3 is 0 Å². The molecule has 0 unspecified atom stereocenters. The Labute approximate surface area is 161 Å². The van der Waals surface area contributed by atoms with Crippen LogP contribution < -0.4 is 15.6 Å². The van der Waals surface area contributed by atoms with E-state index in [1.807, 2.05) is 0 Å². The van der Waals surface area contributed by atoms with E-state index in [4.69, 9.17) is 4.74 Å². The standard InChI is InChI=1S/C17H19N3O5S2/c1-25-13-7-6-12(11-15(13)27(23,24)20-8-2-3-9-20)16(21)18-19-17(22)14-5-4-10-26-14/h4-7,10-11H,2-3,8-9H2,1H3,(H,18,21)(H,19,22). The van der Waals surface area contributed by atoms with Crippen LogP contribution >= 0.6 is 11.3 Å². The van der Waals surface area contributed by atoms with Gasteiger partial charge in [-0.25, -0.2) is 8.42 Å². The summed E-state index contributed by atoms with van der Waals surface area (Å²) >= 11 is 1.24. The van der Waals surface area contributed by atoms with Crippen molar-refractivity contribution in [3.63, 3.8) is 0 Å².